The molecule has 4 N–H and O–H groups in total. The van der Waals surface area contributed by atoms with Crippen LogP contribution in [0.5, 0.6) is 17.2 Å². The summed E-state index contributed by atoms with van der Waals surface area (Å²) >= 11 is 0. The van der Waals surface area contributed by atoms with E-state index < -0.39 is 21.6 Å². The number of H-pyrrole nitrogens is 1. The van der Waals surface area contributed by atoms with E-state index in [4.69, 9.17) is 15.3 Å². The van der Waals surface area contributed by atoms with Crippen LogP contribution in [-0.4, -0.2) is 61.8 Å². The second-order valence-corrected chi connectivity index (χ2v) is 13.6. The lowest BCUT2D eigenvalue weighted by atomic mass is 10.1. The molecule has 0 amide bonds. The molecule has 47 heavy (non-hydrogen) atoms. The maximum Gasteiger partial charge on any atom is 0.229 e. The van der Waals surface area contributed by atoms with Crippen LogP contribution in [0.25, 0.3) is 10.9 Å². The van der Waals surface area contributed by atoms with Crippen molar-refractivity contribution < 1.29 is 27.1 Å². The molecule has 0 spiro atoms. The van der Waals surface area contributed by atoms with Gasteiger partial charge in [0.2, 0.25) is 15.8 Å². The first-order chi connectivity index (χ1) is 22.3. The molecule has 0 saturated carbocycles. The van der Waals surface area contributed by atoms with Crippen LogP contribution in [0.1, 0.15) is 42.7 Å². The number of hydrazone groups is 1. The lowest BCUT2D eigenvalue weighted by Crippen LogP contribution is -2.41. The third kappa shape index (κ3) is 8.36. The van der Waals surface area contributed by atoms with Gasteiger partial charge in [-0.25, -0.2) is 18.7 Å². The highest BCUT2D eigenvalue weighted by molar-refractivity contribution is 7.92. The lowest BCUT2D eigenvalue weighted by molar-refractivity contribution is 0.0849. The molecular weight excluding hydrogens is 623 g/mol. The zero-order chi connectivity index (χ0) is 33.9. The smallest absolute Gasteiger partial charge is 0.229 e. The number of likely N-dealkylation sites (tertiary alicyclic amines) is 1. The number of aromatic amines is 1. The number of rotatable bonds is 12. The van der Waals surface area contributed by atoms with Gasteiger partial charge in [0.25, 0.3) is 0 Å². The Kier molecular flexibility index (Phi) is 9.99. The predicted octanol–water partition coefficient (Wildman–Crippen LogP) is 6.14. The summed E-state index contributed by atoms with van der Waals surface area (Å²) in [7, 11) is -3.60. The van der Waals surface area contributed by atoms with Crippen molar-refractivity contribution in [2.45, 2.75) is 45.8 Å². The number of halogens is 1. The molecule has 13 heteroatoms. The van der Waals surface area contributed by atoms with Crippen molar-refractivity contribution in [3.05, 3.63) is 89.9 Å². The largest absolute Gasteiger partial charge is 0.488 e. The highest BCUT2D eigenvalue weighted by Crippen LogP contribution is 2.34. The molecule has 0 unspecified atom stereocenters. The Hall–Kier alpha value is -4.72. The summed E-state index contributed by atoms with van der Waals surface area (Å²) in [5, 5.41) is 5.92. The molecule has 0 radical (unpaired) electrons. The fourth-order valence-corrected chi connectivity index (χ4v) is 5.87. The van der Waals surface area contributed by atoms with Gasteiger partial charge in [-0.1, -0.05) is 18.7 Å². The van der Waals surface area contributed by atoms with Gasteiger partial charge in [-0.2, -0.15) is 10.2 Å². The van der Waals surface area contributed by atoms with Crippen LogP contribution in [0.15, 0.2) is 77.9 Å². The molecule has 11 nitrogen and oxygen atoms in total. The minimum absolute atomic E-state index is 0.0612. The fraction of sp³-hybridized carbons (Fsp3) is 0.294. The Labute approximate surface area is 273 Å². The van der Waals surface area contributed by atoms with E-state index in [1.165, 1.54) is 18.3 Å². The molecule has 0 atom stereocenters. The first kappa shape index (κ1) is 33.6. The highest BCUT2D eigenvalue weighted by Gasteiger charge is 2.24. The SMILES string of the molecule is C=C(/C=N\N(N)c1ccc(Oc2ccccc2F)c(C)c1)C(=O)c1cc2cc(OC3CCN(C(C)C)CC3)c(NS(C)(=O)=O)cc2[nH]1. The normalized spacial score (nSPS) is 14.5. The molecule has 1 aliphatic heterocycles. The van der Waals surface area contributed by atoms with Gasteiger partial charge in [0.15, 0.2) is 11.6 Å². The summed E-state index contributed by atoms with van der Waals surface area (Å²) in [6.07, 6.45) is 3.88. The Bertz CT molecular complexity index is 1930. The van der Waals surface area contributed by atoms with Gasteiger partial charge >= 0.3 is 0 Å². The van der Waals surface area contributed by atoms with Gasteiger partial charge in [-0.05, 0) is 87.7 Å². The number of hydrazine groups is 1. The molecule has 248 valence electrons. The fourth-order valence-electron chi connectivity index (χ4n) is 5.32. The van der Waals surface area contributed by atoms with Crippen LogP contribution in [0.4, 0.5) is 15.8 Å². The Balaban J connectivity index is 1.29. The third-order valence-corrected chi connectivity index (χ3v) is 8.46. The maximum absolute atomic E-state index is 14.0. The summed E-state index contributed by atoms with van der Waals surface area (Å²) in [6, 6.07) is 16.6. The molecule has 4 aromatic rings. The van der Waals surface area contributed by atoms with Crippen molar-refractivity contribution >= 4 is 44.3 Å². The Morgan fingerprint density at radius 1 is 1.13 bits per heavy atom. The summed E-state index contributed by atoms with van der Waals surface area (Å²) in [6.45, 7) is 11.7. The van der Waals surface area contributed by atoms with E-state index in [2.05, 4.69) is 40.1 Å². The number of anilines is 2. The molecule has 0 bridgehead atoms. The number of allylic oxidation sites excluding steroid dienone is 1. The summed E-state index contributed by atoms with van der Waals surface area (Å²) in [5.41, 5.74) is 2.31. The number of carbonyl (C=O) groups is 1. The molecule has 1 aromatic heterocycles. The van der Waals surface area contributed by atoms with E-state index >= 15 is 0 Å². The zero-order valence-corrected chi connectivity index (χ0v) is 27.6. The number of hydrogen-bond acceptors (Lipinski definition) is 9. The molecule has 5 rings (SSSR count). The average molecular weight is 663 g/mol. The molecule has 1 saturated heterocycles. The average Bonchev–Trinajstić information content (AvgIpc) is 3.43. The number of ether oxygens (including phenoxy) is 2. The quantitative estimate of drug-likeness (QED) is 0.0540. The summed E-state index contributed by atoms with van der Waals surface area (Å²) < 4.78 is 52.9. The first-order valence-electron chi connectivity index (χ1n) is 15.2. The minimum Gasteiger partial charge on any atom is -0.488 e. The summed E-state index contributed by atoms with van der Waals surface area (Å²) in [4.78, 5) is 18.7. The van der Waals surface area contributed by atoms with Crippen molar-refractivity contribution in [3.8, 4) is 17.2 Å². The number of carbonyl (C=O) groups excluding carboxylic acids is 1. The number of aryl methyl sites for hydroxylation is 1. The number of fused-ring (bicyclic) bond motifs is 1. The van der Waals surface area contributed by atoms with Gasteiger partial charge in [0, 0.05) is 35.6 Å². The molecule has 1 aliphatic rings. The van der Waals surface area contributed by atoms with Crippen molar-refractivity contribution in [2.75, 3.05) is 29.2 Å². The van der Waals surface area contributed by atoms with E-state index in [-0.39, 0.29) is 28.8 Å². The number of hydrogen-bond donors (Lipinski definition) is 3. The maximum atomic E-state index is 14.0. The number of benzene rings is 3. The zero-order valence-electron chi connectivity index (χ0n) is 26.8. The molecular formula is C34H39FN6O5S. The Morgan fingerprint density at radius 2 is 1.85 bits per heavy atom. The van der Waals surface area contributed by atoms with E-state index in [1.807, 2.05) is 0 Å². The van der Waals surface area contributed by atoms with E-state index in [9.17, 15) is 17.6 Å². The van der Waals surface area contributed by atoms with Crippen LogP contribution >= 0.6 is 0 Å². The van der Waals surface area contributed by atoms with Crippen LogP contribution in [0.2, 0.25) is 0 Å². The van der Waals surface area contributed by atoms with Crippen molar-refractivity contribution in [1.82, 2.24) is 9.88 Å². The number of Topliss-reactive ketones (excluding diaryl/α,β-unsaturated/α-hetero) is 1. The number of ketones is 1. The molecule has 3 aromatic carbocycles. The van der Waals surface area contributed by atoms with Gasteiger partial charge in [-0.3, -0.25) is 9.52 Å². The van der Waals surface area contributed by atoms with Crippen LogP contribution < -0.4 is 25.2 Å². The summed E-state index contributed by atoms with van der Waals surface area (Å²) in [5.74, 6) is 6.17. The second kappa shape index (κ2) is 14.0. The van der Waals surface area contributed by atoms with Crippen LogP contribution in [0.3, 0.4) is 0 Å². The molecule has 1 fully saturated rings. The minimum atomic E-state index is -3.60. The van der Waals surface area contributed by atoms with Crippen molar-refractivity contribution in [3.63, 3.8) is 0 Å². The van der Waals surface area contributed by atoms with Crippen molar-refractivity contribution in [1.29, 1.82) is 0 Å². The standard InChI is InChI=1S/C34H39FN6O5S/c1-21(2)40-14-12-26(13-15-40)45-33-18-24-17-30(38-28(24)19-29(33)39-47(5,43)44)34(42)23(4)20-37-41(36)25-10-11-31(22(3)16-25)46-32-9-7-6-8-27(32)35/h6-11,16-21,26,38-39H,4,12-15,36H2,1-3,5H3/b37-20-. The first-order valence-corrected chi connectivity index (χ1v) is 17.1. The van der Waals surface area contributed by atoms with Crippen LogP contribution in [0, 0.1) is 12.7 Å². The van der Waals surface area contributed by atoms with Crippen LogP contribution in [-0.2, 0) is 10.0 Å². The number of aromatic nitrogens is 1. The topological polar surface area (TPSA) is 142 Å². The lowest BCUT2D eigenvalue weighted by Gasteiger charge is -2.34. The monoisotopic (exact) mass is 662 g/mol. The molecule has 2 heterocycles. The van der Waals surface area contributed by atoms with Gasteiger partial charge in [0.1, 0.15) is 17.6 Å². The highest BCUT2D eigenvalue weighted by atomic mass is 32.2. The van der Waals surface area contributed by atoms with Gasteiger partial charge in [0.05, 0.1) is 29.5 Å². The number of nitrogens with zero attached hydrogens (tertiary/aromatic N) is 3. The number of nitrogens with one attached hydrogen (secondary N) is 2. The number of para-hydroxylation sites is 1. The number of sulfonamides is 1. The van der Waals surface area contributed by atoms with Gasteiger partial charge < -0.3 is 19.4 Å². The second-order valence-electron chi connectivity index (χ2n) is 11.9. The van der Waals surface area contributed by atoms with E-state index in [1.54, 1.807) is 55.5 Å². The third-order valence-electron chi connectivity index (χ3n) is 7.87. The van der Waals surface area contributed by atoms with Crippen molar-refractivity contribution in [2.24, 2.45) is 10.9 Å². The van der Waals surface area contributed by atoms with E-state index in [0.717, 1.165) is 37.3 Å². The van der Waals surface area contributed by atoms with E-state index in [0.29, 0.717) is 39.7 Å². The molecule has 0 aliphatic carbocycles. The Morgan fingerprint density at radius 3 is 2.51 bits per heavy atom. The number of nitrogens with two attached hydrogens (primary N) is 1. The number of piperidine rings is 1. The predicted molar refractivity (Wildman–Crippen MR) is 183 cm³/mol. The van der Waals surface area contributed by atoms with Gasteiger partial charge in [-0.15, -0.1) is 0 Å².